The van der Waals surface area contributed by atoms with Gasteiger partial charge in [-0.15, -0.1) is 10.2 Å². The highest BCUT2D eigenvalue weighted by atomic mass is 19.3. The molecule has 5 aromatic heterocycles. The fraction of sp³-hybridized carbons (Fsp3) is 0.190. The molecule has 1 amide bonds. The van der Waals surface area contributed by atoms with Crippen LogP contribution in [0, 0.1) is 0 Å². The zero-order valence-electron chi connectivity index (χ0n) is 17.3. The van der Waals surface area contributed by atoms with Crippen molar-refractivity contribution >= 4 is 11.4 Å². The lowest BCUT2D eigenvalue weighted by atomic mass is 9.99. The number of imidazole rings is 1. The predicted octanol–water partition coefficient (Wildman–Crippen LogP) is 2.62. The Labute approximate surface area is 189 Å². The SMILES string of the molecule is O=C(c1nnc(-c2ncccn2)o1)N1CCc2[nH]cnc2[C@@H]1c1cc2c(C(F)F)cccn2n1. The van der Waals surface area contributed by atoms with E-state index in [1.54, 1.807) is 18.3 Å². The number of rotatable bonds is 4. The number of hydrogen-bond donors (Lipinski definition) is 1. The van der Waals surface area contributed by atoms with E-state index in [2.05, 4.69) is 35.2 Å². The third-order valence-electron chi connectivity index (χ3n) is 5.62. The van der Waals surface area contributed by atoms with Crippen molar-refractivity contribution in [2.24, 2.45) is 0 Å². The van der Waals surface area contributed by atoms with E-state index in [0.717, 1.165) is 5.69 Å². The quantitative estimate of drug-likeness (QED) is 0.430. The number of amides is 1. The van der Waals surface area contributed by atoms with Crippen molar-refractivity contribution in [2.75, 3.05) is 6.54 Å². The van der Waals surface area contributed by atoms with E-state index in [4.69, 9.17) is 4.42 Å². The molecule has 6 rings (SSSR count). The number of H-pyrrole nitrogens is 1. The van der Waals surface area contributed by atoms with Crippen LogP contribution in [0.1, 0.15) is 45.8 Å². The van der Waals surface area contributed by atoms with Crippen LogP contribution in [0.2, 0.25) is 0 Å². The van der Waals surface area contributed by atoms with Crippen LogP contribution in [0.5, 0.6) is 0 Å². The highest BCUT2D eigenvalue weighted by Gasteiger charge is 2.38. The second-order valence-corrected chi connectivity index (χ2v) is 7.57. The summed E-state index contributed by atoms with van der Waals surface area (Å²) in [6.45, 7) is 0.299. The Bertz CT molecular complexity index is 1490. The molecule has 0 radical (unpaired) electrons. The number of carbonyl (C=O) groups is 1. The smallest absolute Gasteiger partial charge is 0.312 e. The Hall–Kier alpha value is -4.55. The molecule has 0 saturated carbocycles. The second kappa shape index (κ2) is 7.79. The van der Waals surface area contributed by atoms with Gasteiger partial charge in [0.05, 0.1) is 23.2 Å². The Morgan fingerprint density at radius 1 is 1.18 bits per heavy atom. The molecule has 5 aromatic rings. The number of carbonyl (C=O) groups excluding carboxylic acids is 1. The van der Waals surface area contributed by atoms with E-state index in [-0.39, 0.29) is 28.7 Å². The van der Waals surface area contributed by atoms with Gasteiger partial charge >= 0.3 is 11.8 Å². The summed E-state index contributed by atoms with van der Waals surface area (Å²) in [7, 11) is 0. The van der Waals surface area contributed by atoms with Crippen molar-refractivity contribution in [1.82, 2.24) is 44.6 Å². The minimum Gasteiger partial charge on any atom is -0.409 e. The molecule has 1 N–H and O–H groups in total. The molecule has 0 fully saturated rings. The lowest BCUT2D eigenvalue weighted by Gasteiger charge is -2.32. The van der Waals surface area contributed by atoms with Gasteiger partial charge in [-0.2, -0.15) is 5.10 Å². The highest BCUT2D eigenvalue weighted by Crippen LogP contribution is 2.35. The molecule has 0 unspecified atom stereocenters. The highest BCUT2D eigenvalue weighted by molar-refractivity contribution is 5.90. The van der Waals surface area contributed by atoms with Crippen LogP contribution >= 0.6 is 0 Å². The van der Waals surface area contributed by atoms with Crippen molar-refractivity contribution in [1.29, 1.82) is 0 Å². The van der Waals surface area contributed by atoms with Gasteiger partial charge in [0.1, 0.15) is 6.04 Å². The monoisotopic (exact) mass is 463 g/mol. The number of alkyl halides is 2. The molecule has 170 valence electrons. The molecule has 0 aromatic carbocycles. The first kappa shape index (κ1) is 20.1. The minimum atomic E-state index is -2.67. The molecule has 11 nitrogen and oxygen atoms in total. The maximum absolute atomic E-state index is 13.5. The number of fused-ring (bicyclic) bond motifs is 2. The molecular weight excluding hydrogens is 448 g/mol. The van der Waals surface area contributed by atoms with E-state index in [0.29, 0.717) is 24.4 Å². The van der Waals surface area contributed by atoms with Crippen LogP contribution in [0.4, 0.5) is 8.78 Å². The number of aromatic amines is 1. The first-order valence-electron chi connectivity index (χ1n) is 10.3. The van der Waals surface area contributed by atoms with Gasteiger partial charge in [-0.3, -0.25) is 4.79 Å². The van der Waals surface area contributed by atoms with Gasteiger partial charge in [-0.1, -0.05) is 0 Å². The van der Waals surface area contributed by atoms with Gasteiger partial charge < -0.3 is 14.3 Å². The van der Waals surface area contributed by atoms with Crippen LogP contribution in [0.25, 0.3) is 17.2 Å². The number of halogens is 2. The van der Waals surface area contributed by atoms with Gasteiger partial charge in [0.25, 0.3) is 12.3 Å². The van der Waals surface area contributed by atoms with Crippen molar-refractivity contribution in [2.45, 2.75) is 18.9 Å². The predicted molar refractivity (Wildman–Crippen MR) is 111 cm³/mol. The summed E-state index contributed by atoms with van der Waals surface area (Å²) in [5, 5.41) is 12.3. The third-order valence-corrected chi connectivity index (χ3v) is 5.62. The van der Waals surface area contributed by atoms with Crippen LogP contribution in [-0.2, 0) is 6.42 Å². The summed E-state index contributed by atoms with van der Waals surface area (Å²) in [4.78, 5) is 30.5. The minimum absolute atomic E-state index is 0.00673. The number of nitrogens with zero attached hydrogens (tertiary/aromatic N) is 8. The summed E-state index contributed by atoms with van der Waals surface area (Å²) in [6, 6.07) is 5.30. The van der Waals surface area contributed by atoms with Crippen molar-refractivity contribution in [3.8, 4) is 11.7 Å². The maximum Gasteiger partial charge on any atom is 0.312 e. The van der Waals surface area contributed by atoms with Crippen molar-refractivity contribution in [3.05, 3.63) is 77.7 Å². The summed E-state index contributed by atoms with van der Waals surface area (Å²) < 4.78 is 34.0. The lowest BCUT2D eigenvalue weighted by Crippen LogP contribution is -2.41. The van der Waals surface area contributed by atoms with Gasteiger partial charge in [-0.25, -0.2) is 28.2 Å². The first-order chi connectivity index (χ1) is 16.6. The molecule has 1 aliphatic rings. The molecule has 0 saturated heterocycles. The summed E-state index contributed by atoms with van der Waals surface area (Å²) in [5.41, 5.74) is 1.91. The second-order valence-electron chi connectivity index (χ2n) is 7.57. The summed E-state index contributed by atoms with van der Waals surface area (Å²) >= 11 is 0. The zero-order chi connectivity index (χ0) is 23.2. The standard InChI is InChI=1S/C21H15F2N9O2/c22-17(23)11-3-1-7-32-14(11)9-13(30-32)16-15-12(26-10-27-15)4-8-31(16)21(33)20-29-28-19(34-20)18-24-5-2-6-25-18/h1-3,5-7,9-10,16-17H,4,8H2,(H,26,27)/t16-/m0/s1. The van der Waals surface area contributed by atoms with Crippen LogP contribution < -0.4 is 0 Å². The Balaban J connectivity index is 1.42. The summed E-state index contributed by atoms with van der Waals surface area (Å²) in [6.07, 6.45) is 3.99. The number of pyridine rings is 1. The van der Waals surface area contributed by atoms with Gasteiger partial charge in [0.2, 0.25) is 5.82 Å². The molecular formula is C21H15F2N9O2. The van der Waals surface area contributed by atoms with Gasteiger partial charge in [0.15, 0.2) is 0 Å². The Kier molecular flexibility index (Phi) is 4.60. The maximum atomic E-state index is 13.5. The van der Waals surface area contributed by atoms with Crippen LogP contribution in [0.3, 0.4) is 0 Å². The number of hydrogen-bond acceptors (Lipinski definition) is 8. The van der Waals surface area contributed by atoms with Gasteiger partial charge in [0, 0.05) is 42.8 Å². The Morgan fingerprint density at radius 3 is 2.85 bits per heavy atom. The summed E-state index contributed by atoms with van der Waals surface area (Å²) in [5.74, 6) is -0.589. The molecule has 1 aliphatic heterocycles. The topological polar surface area (TPSA) is 131 Å². The first-order valence-corrected chi connectivity index (χ1v) is 10.3. The van der Waals surface area contributed by atoms with Crippen molar-refractivity contribution in [3.63, 3.8) is 0 Å². The fourth-order valence-corrected chi connectivity index (χ4v) is 4.10. The largest absolute Gasteiger partial charge is 0.409 e. The number of aromatic nitrogens is 8. The molecule has 6 heterocycles. The van der Waals surface area contributed by atoms with E-state index in [9.17, 15) is 13.6 Å². The average Bonchev–Trinajstić information content (AvgIpc) is 3.62. The van der Waals surface area contributed by atoms with Gasteiger partial charge in [-0.05, 0) is 24.3 Å². The number of nitrogens with one attached hydrogen (secondary N) is 1. The Morgan fingerprint density at radius 2 is 2.03 bits per heavy atom. The van der Waals surface area contributed by atoms with Crippen LogP contribution in [0.15, 0.2) is 53.6 Å². The molecule has 34 heavy (non-hydrogen) atoms. The molecule has 0 aliphatic carbocycles. The van der Waals surface area contributed by atoms with E-state index in [1.807, 2.05) is 0 Å². The molecule has 0 spiro atoms. The van der Waals surface area contributed by atoms with E-state index >= 15 is 0 Å². The average molecular weight is 463 g/mol. The fourth-order valence-electron chi connectivity index (χ4n) is 4.10. The molecule has 0 bridgehead atoms. The van der Waals surface area contributed by atoms with E-state index in [1.165, 1.54) is 40.3 Å². The van der Waals surface area contributed by atoms with Crippen molar-refractivity contribution < 1.29 is 18.0 Å². The zero-order valence-corrected chi connectivity index (χ0v) is 17.3. The molecule has 13 heteroatoms. The van der Waals surface area contributed by atoms with E-state index < -0.39 is 18.4 Å². The van der Waals surface area contributed by atoms with Crippen LogP contribution in [-0.4, -0.2) is 57.1 Å². The molecule has 1 atom stereocenters. The third kappa shape index (κ3) is 3.20. The normalized spacial score (nSPS) is 15.7. The lowest BCUT2D eigenvalue weighted by molar-refractivity contribution is 0.0646.